The summed E-state index contributed by atoms with van der Waals surface area (Å²) in [4.78, 5) is 11.6. The molecular weight excluding hydrogens is 172 g/mol. The zero-order chi connectivity index (χ0) is 9.54. The maximum atomic E-state index is 11.6. The van der Waals surface area contributed by atoms with Crippen LogP contribution in [0.1, 0.15) is 25.7 Å². The SMILES string of the molecule is O=C1C=CC2C=CC1C2=C1CCCC1. The molecule has 1 nitrogen and oxygen atoms in total. The van der Waals surface area contributed by atoms with Gasteiger partial charge in [-0.25, -0.2) is 0 Å². The second-order valence-electron chi connectivity index (χ2n) is 4.42. The number of allylic oxidation sites excluding steroid dienone is 6. The highest BCUT2D eigenvalue weighted by molar-refractivity contribution is 5.98. The molecule has 3 aliphatic rings. The van der Waals surface area contributed by atoms with Crippen LogP contribution in [0.25, 0.3) is 0 Å². The molecule has 0 N–H and O–H groups in total. The Labute approximate surface area is 84.2 Å². The molecule has 2 bridgehead atoms. The number of rotatable bonds is 0. The summed E-state index contributed by atoms with van der Waals surface area (Å²) >= 11 is 0. The molecule has 0 radical (unpaired) electrons. The molecule has 0 aromatic carbocycles. The minimum absolute atomic E-state index is 0.109. The van der Waals surface area contributed by atoms with Gasteiger partial charge in [-0.2, -0.15) is 0 Å². The predicted molar refractivity (Wildman–Crippen MR) is 55.8 cm³/mol. The predicted octanol–water partition coefficient (Wildman–Crippen LogP) is 2.80. The van der Waals surface area contributed by atoms with Crippen molar-refractivity contribution in [2.75, 3.05) is 0 Å². The van der Waals surface area contributed by atoms with Crippen LogP contribution in [-0.2, 0) is 4.79 Å². The zero-order valence-corrected chi connectivity index (χ0v) is 8.20. The van der Waals surface area contributed by atoms with Gasteiger partial charge >= 0.3 is 0 Å². The zero-order valence-electron chi connectivity index (χ0n) is 8.20. The Balaban J connectivity index is 2.07. The summed E-state index contributed by atoms with van der Waals surface area (Å²) in [5.74, 6) is 0.841. The molecule has 1 fully saturated rings. The molecule has 2 unspecified atom stereocenters. The van der Waals surface area contributed by atoms with E-state index in [1.165, 1.54) is 31.3 Å². The van der Waals surface area contributed by atoms with Gasteiger partial charge in [0.15, 0.2) is 5.78 Å². The number of hydrogen-bond donors (Lipinski definition) is 0. The Hall–Kier alpha value is -1.11. The quantitative estimate of drug-likeness (QED) is 0.532. The summed E-state index contributed by atoms with van der Waals surface area (Å²) in [7, 11) is 0. The van der Waals surface area contributed by atoms with Crippen LogP contribution in [0.4, 0.5) is 0 Å². The fourth-order valence-electron chi connectivity index (χ4n) is 2.91. The van der Waals surface area contributed by atoms with Crippen LogP contribution in [-0.4, -0.2) is 5.78 Å². The highest BCUT2D eigenvalue weighted by Gasteiger charge is 2.34. The van der Waals surface area contributed by atoms with E-state index in [2.05, 4.69) is 18.2 Å². The summed E-state index contributed by atoms with van der Waals surface area (Å²) in [6, 6.07) is 0. The van der Waals surface area contributed by atoms with Gasteiger partial charge in [-0.1, -0.05) is 23.8 Å². The summed E-state index contributed by atoms with van der Waals surface area (Å²) in [6.07, 6.45) is 13.2. The van der Waals surface area contributed by atoms with E-state index in [9.17, 15) is 4.79 Å². The summed E-state index contributed by atoms with van der Waals surface area (Å²) in [5.41, 5.74) is 3.00. The third-order valence-electron chi connectivity index (χ3n) is 3.59. The van der Waals surface area contributed by atoms with Crippen molar-refractivity contribution in [2.24, 2.45) is 11.8 Å². The van der Waals surface area contributed by atoms with Crippen molar-refractivity contribution in [1.82, 2.24) is 0 Å². The van der Waals surface area contributed by atoms with Crippen molar-refractivity contribution in [3.05, 3.63) is 35.5 Å². The van der Waals surface area contributed by atoms with Crippen LogP contribution in [0.3, 0.4) is 0 Å². The van der Waals surface area contributed by atoms with Gasteiger partial charge in [-0.05, 0) is 37.3 Å². The summed E-state index contributed by atoms with van der Waals surface area (Å²) < 4.78 is 0. The van der Waals surface area contributed by atoms with E-state index in [1.807, 2.05) is 0 Å². The lowest BCUT2D eigenvalue weighted by atomic mass is 9.83. The molecule has 0 aromatic rings. The van der Waals surface area contributed by atoms with E-state index >= 15 is 0 Å². The number of ketones is 1. The van der Waals surface area contributed by atoms with Gasteiger partial charge < -0.3 is 0 Å². The van der Waals surface area contributed by atoms with E-state index in [-0.39, 0.29) is 11.7 Å². The molecule has 2 atom stereocenters. The Morgan fingerprint density at radius 1 is 1.07 bits per heavy atom. The fraction of sp³-hybridized carbons (Fsp3) is 0.462. The fourth-order valence-corrected chi connectivity index (χ4v) is 2.91. The van der Waals surface area contributed by atoms with Crippen molar-refractivity contribution in [3.63, 3.8) is 0 Å². The van der Waals surface area contributed by atoms with Crippen molar-refractivity contribution < 1.29 is 4.79 Å². The summed E-state index contributed by atoms with van der Waals surface area (Å²) in [6.45, 7) is 0. The van der Waals surface area contributed by atoms with E-state index < -0.39 is 0 Å². The first-order chi connectivity index (χ1) is 6.86. The van der Waals surface area contributed by atoms with Crippen molar-refractivity contribution in [2.45, 2.75) is 25.7 Å². The maximum Gasteiger partial charge on any atom is 0.166 e. The van der Waals surface area contributed by atoms with Crippen LogP contribution < -0.4 is 0 Å². The molecule has 0 aromatic heterocycles. The minimum atomic E-state index is 0.109. The molecule has 0 aliphatic heterocycles. The summed E-state index contributed by atoms with van der Waals surface area (Å²) in [5, 5.41) is 0. The van der Waals surface area contributed by atoms with Gasteiger partial charge in [0.1, 0.15) is 0 Å². The van der Waals surface area contributed by atoms with Gasteiger partial charge in [-0.15, -0.1) is 0 Å². The van der Waals surface area contributed by atoms with Gasteiger partial charge in [0.05, 0.1) is 5.92 Å². The first-order valence-corrected chi connectivity index (χ1v) is 5.48. The molecule has 0 spiro atoms. The number of carbonyl (C=O) groups excluding carboxylic acids is 1. The van der Waals surface area contributed by atoms with Gasteiger partial charge in [0.25, 0.3) is 0 Å². The van der Waals surface area contributed by atoms with Crippen LogP contribution in [0.5, 0.6) is 0 Å². The molecule has 1 heteroatoms. The molecule has 1 saturated carbocycles. The maximum absolute atomic E-state index is 11.6. The Kier molecular flexibility index (Phi) is 1.73. The van der Waals surface area contributed by atoms with Gasteiger partial charge in [0, 0.05) is 5.92 Å². The van der Waals surface area contributed by atoms with Crippen LogP contribution in [0.15, 0.2) is 35.5 Å². The third-order valence-corrected chi connectivity index (χ3v) is 3.59. The average Bonchev–Trinajstić information content (AvgIpc) is 2.79. The second kappa shape index (κ2) is 2.94. The highest BCUT2D eigenvalue weighted by atomic mass is 16.1. The van der Waals surface area contributed by atoms with Crippen molar-refractivity contribution >= 4 is 5.78 Å². The van der Waals surface area contributed by atoms with Gasteiger partial charge in [0.2, 0.25) is 0 Å². The first-order valence-electron chi connectivity index (χ1n) is 5.48. The lowest BCUT2D eigenvalue weighted by molar-refractivity contribution is -0.116. The normalized spacial score (nSPS) is 34.7. The molecule has 3 aliphatic carbocycles. The molecule has 0 amide bonds. The second-order valence-corrected chi connectivity index (χ2v) is 4.42. The third kappa shape index (κ3) is 1.05. The first kappa shape index (κ1) is 8.22. The molecule has 0 saturated heterocycles. The standard InChI is InChI=1S/C13H14O/c14-12-8-6-10-5-7-11(12)13(10)9-3-1-2-4-9/h5-8,10-11H,1-4H2. The number of carbonyl (C=O) groups is 1. The number of hydrogen-bond acceptors (Lipinski definition) is 1. The van der Waals surface area contributed by atoms with Crippen LogP contribution >= 0.6 is 0 Å². The molecular formula is C13H14O. The van der Waals surface area contributed by atoms with Crippen molar-refractivity contribution in [1.29, 1.82) is 0 Å². The smallest absolute Gasteiger partial charge is 0.166 e. The Morgan fingerprint density at radius 2 is 1.86 bits per heavy atom. The average molecular weight is 186 g/mol. The Bertz CT molecular complexity index is 363. The molecule has 0 heterocycles. The topological polar surface area (TPSA) is 17.1 Å². The lowest BCUT2D eigenvalue weighted by Crippen LogP contribution is -2.17. The van der Waals surface area contributed by atoms with Crippen molar-refractivity contribution in [3.8, 4) is 0 Å². The largest absolute Gasteiger partial charge is 0.294 e. The Morgan fingerprint density at radius 3 is 2.64 bits per heavy atom. The monoisotopic (exact) mass is 186 g/mol. The van der Waals surface area contributed by atoms with E-state index in [1.54, 1.807) is 11.6 Å². The molecule has 72 valence electrons. The highest BCUT2D eigenvalue weighted by Crippen LogP contribution is 2.42. The van der Waals surface area contributed by atoms with Crippen LogP contribution in [0.2, 0.25) is 0 Å². The molecule has 3 rings (SSSR count). The van der Waals surface area contributed by atoms with E-state index in [0.29, 0.717) is 5.92 Å². The van der Waals surface area contributed by atoms with Crippen LogP contribution in [0, 0.1) is 11.8 Å². The van der Waals surface area contributed by atoms with E-state index in [0.717, 1.165) is 0 Å². The lowest BCUT2D eigenvalue weighted by Gasteiger charge is -2.20. The van der Waals surface area contributed by atoms with E-state index in [4.69, 9.17) is 0 Å². The number of fused-ring (bicyclic) bond motifs is 2. The minimum Gasteiger partial charge on any atom is -0.294 e. The molecule has 14 heavy (non-hydrogen) atoms. The van der Waals surface area contributed by atoms with Gasteiger partial charge in [-0.3, -0.25) is 4.79 Å².